The molecule has 1 fully saturated rings. The van der Waals surface area contributed by atoms with Crippen LogP contribution in [0.25, 0.3) is 16.9 Å². The highest BCUT2D eigenvalue weighted by molar-refractivity contribution is 5.72. The van der Waals surface area contributed by atoms with Crippen molar-refractivity contribution in [3.05, 3.63) is 86.8 Å². The smallest absolute Gasteiger partial charge is 0.332 e. The molecule has 0 aliphatic heterocycles. The number of carboxylic acids is 1. The quantitative estimate of drug-likeness (QED) is 0.250. The van der Waals surface area contributed by atoms with E-state index in [9.17, 15) is 20.0 Å². The Morgan fingerprint density at radius 3 is 2.58 bits per heavy atom. The second-order valence-electron chi connectivity index (χ2n) is 11.2. The Kier molecular flexibility index (Phi) is 9.02. The minimum absolute atomic E-state index is 0.0876. The van der Waals surface area contributed by atoms with Crippen molar-refractivity contribution in [2.45, 2.75) is 90.4 Å². The van der Waals surface area contributed by atoms with E-state index in [1.165, 1.54) is 6.07 Å². The number of halogens is 1. The van der Waals surface area contributed by atoms with Crippen LogP contribution < -0.4 is 5.56 Å². The fraction of sp³-hybridized carbons (Fsp3) is 0.424. The number of hydrogen-bond acceptors (Lipinski definition) is 6. The lowest BCUT2D eigenvalue weighted by Crippen LogP contribution is -2.36. The standard InChI is InChI=1S/C33H36FN5O4/c1-4-8-29-27(17-22-12-11-21(18-28(22)34)26-10-7-6-9-23(26)19-35)31(40)38(33-36-20(3)37-39(29)33)24-13-15-25(16-14-24)43-30(5-2)32(41)42/h6-7,9-12,18,24-25,30H,4-5,8,13-17H2,1-3H3,(H,41,42)/t24-,25-,30?. The number of nitriles is 1. The fourth-order valence-corrected chi connectivity index (χ4v) is 6.11. The third-order valence-electron chi connectivity index (χ3n) is 8.27. The average molecular weight is 586 g/mol. The number of ether oxygens (including phenoxy) is 1. The van der Waals surface area contributed by atoms with E-state index in [0.29, 0.717) is 77.9 Å². The number of aromatic nitrogens is 4. The van der Waals surface area contributed by atoms with Gasteiger partial charge in [0.2, 0.25) is 5.78 Å². The molecule has 0 radical (unpaired) electrons. The molecule has 1 saturated carbocycles. The molecule has 43 heavy (non-hydrogen) atoms. The van der Waals surface area contributed by atoms with Crippen LogP contribution in [0.2, 0.25) is 0 Å². The Labute approximate surface area is 249 Å². The monoisotopic (exact) mass is 585 g/mol. The molecule has 1 atom stereocenters. The van der Waals surface area contributed by atoms with E-state index in [-0.39, 0.29) is 24.1 Å². The molecule has 2 aromatic heterocycles. The molecule has 9 nitrogen and oxygen atoms in total. The van der Waals surface area contributed by atoms with Gasteiger partial charge in [-0.1, -0.05) is 50.6 Å². The van der Waals surface area contributed by atoms with Crippen LogP contribution in [0, 0.1) is 24.1 Å². The lowest BCUT2D eigenvalue weighted by Gasteiger charge is -2.31. The number of nitrogens with zero attached hydrogens (tertiary/aromatic N) is 5. The van der Waals surface area contributed by atoms with Crippen LogP contribution >= 0.6 is 0 Å². The topological polar surface area (TPSA) is 123 Å². The first kappa shape index (κ1) is 30.1. The van der Waals surface area contributed by atoms with Gasteiger partial charge >= 0.3 is 5.97 Å². The van der Waals surface area contributed by atoms with Gasteiger partial charge in [-0.15, -0.1) is 0 Å². The molecule has 10 heteroatoms. The van der Waals surface area contributed by atoms with Crippen LogP contribution in [-0.4, -0.2) is 42.4 Å². The van der Waals surface area contributed by atoms with Gasteiger partial charge in [0.1, 0.15) is 11.6 Å². The molecule has 224 valence electrons. The summed E-state index contributed by atoms with van der Waals surface area (Å²) in [6, 6.07) is 13.9. The highest BCUT2D eigenvalue weighted by atomic mass is 19.1. The van der Waals surface area contributed by atoms with Gasteiger partial charge in [0.15, 0.2) is 6.10 Å². The minimum atomic E-state index is -0.966. The van der Waals surface area contributed by atoms with Crippen molar-refractivity contribution >= 4 is 11.7 Å². The van der Waals surface area contributed by atoms with Crippen molar-refractivity contribution in [1.82, 2.24) is 19.2 Å². The van der Waals surface area contributed by atoms with Crippen molar-refractivity contribution in [3.8, 4) is 17.2 Å². The van der Waals surface area contributed by atoms with E-state index < -0.39 is 17.9 Å². The van der Waals surface area contributed by atoms with E-state index >= 15 is 4.39 Å². The second kappa shape index (κ2) is 12.9. The Morgan fingerprint density at radius 1 is 1.19 bits per heavy atom. The van der Waals surface area contributed by atoms with Crippen LogP contribution in [0.5, 0.6) is 0 Å². The maximum absolute atomic E-state index is 15.6. The highest BCUT2D eigenvalue weighted by Crippen LogP contribution is 2.32. The van der Waals surface area contributed by atoms with Crippen LogP contribution in [0.1, 0.15) is 86.6 Å². The minimum Gasteiger partial charge on any atom is -0.479 e. The zero-order valence-corrected chi connectivity index (χ0v) is 24.7. The third-order valence-corrected chi connectivity index (χ3v) is 8.27. The summed E-state index contributed by atoms with van der Waals surface area (Å²) >= 11 is 0. The Hall–Kier alpha value is -4.36. The van der Waals surface area contributed by atoms with E-state index in [2.05, 4.69) is 16.2 Å². The van der Waals surface area contributed by atoms with Crippen LogP contribution in [0.3, 0.4) is 0 Å². The van der Waals surface area contributed by atoms with Gasteiger partial charge in [-0.05, 0) is 74.3 Å². The van der Waals surface area contributed by atoms with Crippen molar-refractivity contribution in [3.63, 3.8) is 0 Å². The molecule has 5 rings (SSSR count). The maximum Gasteiger partial charge on any atom is 0.332 e. The van der Waals surface area contributed by atoms with E-state index in [1.807, 2.05) is 13.0 Å². The lowest BCUT2D eigenvalue weighted by atomic mass is 9.92. The SMILES string of the molecule is CCCc1c(Cc2ccc(-c3ccccc3C#N)cc2F)c(=O)n([C@H]2CC[C@H](OC(CC)C(=O)O)CC2)c2nc(C)nn12. The van der Waals surface area contributed by atoms with Crippen LogP contribution in [-0.2, 0) is 22.4 Å². The number of aryl methyl sites for hydroxylation is 2. The number of hydrogen-bond donors (Lipinski definition) is 1. The summed E-state index contributed by atoms with van der Waals surface area (Å²) < 4.78 is 24.9. The number of aliphatic carboxylic acids is 1. The molecule has 0 bridgehead atoms. The summed E-state index contributed by atoms with van der Waals surface area (Å²) in [6.07, 6.45) is 3.26. The molecular formula is C33H36FN5O4. The van der Waals surface area contributed by atoms with Gasteiger partial charge in [-0.25, -0.2) is 13.7 Å². The van der Waals surface area contributed by atoms with E-state index in [4.69, 9.17) is 4.74 Å². The molecule has 0 amide bonds. The molecule has 0 saturated heterocycles. The molecular weight excluding hydrogens is 549 g/mol. The number of benzene rings is 2. The molecule has 1 aliphatic carbocycles. The van der Waals surface area contributed by atoms with Gasteiger partial charge in [0.25, 0.3) is 5.56 Å². The molecule has 1 N–H and O–H groups in total. The van der Waals surface area contributed by atoms with Gasteiger partial charge in [0, 0.05) is 18.0 Å². The van der Waals surface area contributed by atoms with Crippen molar-refractivity contribution in [2.24, 2.45) is 0 Å². The third kappa shape index (κ3) is 6.09. The van der Waals surface area contributed by atoms with E-state index in [1.54, 1.807) is 53.3 Å². The molecule has 4 aromatic rings. The predicted octanol–water partition coefficient (Wildman–Crippen LogP) is 5.78. The van der Waals surface area contributed by atoms with E-state index in [0.717, 1.165) is 12.1 Å². The summed E-state index contributed by atoms with van der Waals surface area (Å²) in [4.78, 5) is 30.4. The average Bonchev–Trinajstić information content (AvgIpc) is 3.39. The Bertz CT molecular complexity index is 1750. The number of rotatable bonds is 10. The van der Waals surface area contributed by atoms with Crippen molar-refractivity contribution in [2.75, 3.05) is 0 Å². The van der Waals surface area contributed by atoms with Gasteiger partial charge in [-0.2, -0.15) is 15.3 Å². The summed E-state index contributed by atoms with van der Waals surface area (Å²) in [5.41, 5.74) is 3.09. The molecule has 1 unspecified atom stereocenters. The Morgan fingerprint density at radius 2 is 1.93 bits per heavy atom. The molecule has 1 aliphatic rings. The number of carbonyl (C=O) groups is 1. The molecule has 0 spiro atoms. The number of carboxylic acid groups (broad SMARTS) is 1. The maximum atomic E-state index is 15.6. The summed E-state index contributed by atoms with van der Waals surface area (Å²) in [5.74, 6) is -0.402. The zero-order valence-electron chi connectivity index (χ0n) is 24.7. The van der Waals surface area contributed by atoms with Gasteiger partial charge in [0.05, 0.1) is 23.4 Å². The second-order valence-corrected chi connectivity index (χ2v) is 11.2. The van der Waals surface area contributed by atoms with Crippen LogP contribution in [0.4, 0.5) is 4.39 Å². The summed E-state index contributed by atoms with van der Waals surface area (Å²) in [7, 11) is 0. The fourth-order valence-electron chi connectivity index (χ4n) is 6.11. The summed E-state index contributed by atoms with van der Waals surface area (Å²) in [6.45, 7) is 5.60. The molecule has 2 aromatic carbocycles. The molecule has 2 heterocycles. The Balaban J connectivity index is 1.52. The zero-order chi connectivity index (χ0) is 30.7. The largest absolute Gasteiger partial charge is 0.479 e. The summed E-state index contributed by atoms with van der Waals surface area (Å²) in [5, 5.41) is 23.5. The van der Waals surface area contributed by atoms with Crippen LogP contribution in [0.15, 0.2) is 47.3 Å². The normalized spacial score (nSPS) is 17.6. The van der Waals surface area contributed by atoms with Crippen molar-refractivity contribution in [1.29, 1.82) is 5.26 Å². The number of fused-ring (bicyclic) bond motifs is 1. The highest BCUT2D eigenvalue weighted by Gasteiger charge is 2.31. The lowest BCUT2D eigenvalue weighted by molar-refractivity contribution is -0.156. The van der Waals surface area contributed by atoms with Gasteiger partial charge in [-0.3, -0.25) is 9.36 Å². The van der Waals surface area contributed by atoms with Crippen molar-refractivity contribution < 1.29 is 19.0 Å². The first-order valence-corrected chi connectivity index (χ1v) is 14.9. The first-order chi connectivity index (χ1) is 20.7. The van der Waals surface area contributed by atoms with Gasteiger partial charge < -0.3 is 9.84 Å². The predicted molar refractivity (Wildman–Crippen MR) is 159 cm³/mol. The first-order valence-electron chi connectivity index (χ1n) is 14.9.